The number of methoxy groups -OCH3 is 1. The van der Waals surface area contributed by atoms with Crippen LogP contribution in [0.15, 0.2) is 42.7 Å². The van der Waals surface area contributed by atoms with Crippen LogP contribution in [-0.4, -0.2) is 69.8 Å². The average molecular weight is 632 g/mol. The molecule has 7 rings (SSSR count). The number of phosphoric ester groups is 1. The van der Waals surface area contributed by atoms with Gasteiger partial charge in [-0.05, 0) is 38.1 Å². The van der Waals surface area contributed by atoms with Crippen LogP contribution in [0.2, 0.25) is 0 Å². The largest absolute Gasteiger partial charge is 0.587 e. The van der Waals surface area contributed by atoms with Crippen molar-refractivity contribution in [3.8, 4) is 40.4 Å². The molecule has 0 spiro atoms. The number of hydrogen-bond acceptors (Lipinski definition) is 14. The molecule has 0 aliphatic carbocycles. The van der Waals surface area contributed by atoms with Gasteiger partial charge < -0.3 is 42.6 Å². The van der Waals surface area contributed by atoms with E-state index >= 15 is 4.39 Å². The first-order chi connectivity index (χ1) is 21.1. The minimum Gasteiger partial charge on any atom is -0.479 e. The molecular formula is C27H26FN4O11P. The lowest BCUT2D eigenvalue weighted by molar-refractivity contribution is -0.0556. The van der Waals surface area contributed by atoms with Crippen molar-refractivity contribution in [2.24, 2.45) is 0 Å². The van der Waals surface area contributed by atoms with Crippen molar-refractivity contribution in [2.45, 2.75) is 38.0 Å². The number of fused-ring (bicyclic) bond motifs is 3. The average Bonchev–Trinajstić information content (AvgIpc) is 3.78. The molecule has 17 heteroatoms. The Labute approximate surface area is 248 Å². The molecule has 4 atom stereocenters. The van der Waals surface area contributed by atoms with Crippen LogP contribution in [-0.2, 0) is 13.8 Å². The van der Waals surface area contributed by atoms with Gasteiger partial charge in [-0.3, -0.25) is 9.09 Å². The third-order valence-corrected chi connectivity index (χ3v) is 8.52. The van der Waals surface area contributed by atoms with Gasteiger partial charge in [-0.25, -0.2) is 18.9 Å². The number of halogens is 1. The fourth-order valence-electron chi connectivity index (χ4n) is 5.02. The maximum atomic E-state index is 16.1. The molecule has 232 valence electrons. The molecule has 2 aromatic heterocycles. The Morgan fingerprint density at radius 3 is 2.25 bits per heavy atom. The number of phosphoric acid groups is 1. The van der Waals surface area contributed by atoms with Crippen LogP contribution < -0.4 is 32.7 Å². The molecule has 1 fully saturated rings. The summed E-state index contributed by atoms with van der Waals surface area (Å²) in [5, 5.41) is 11.0. The Balaban J connectivity index is 1.15. The number of alkyl halides is 1. The van der Waals surface area contributed by atoms with Crippen molar-refractivity contribution < 1.29 is 56.1 Å². The van der Waals surface area contributed by atoms with Crippen molar-refractivity contribution in [3.05, 3.63) is 48.5 Å². The van der Waals surface area contributed by atoms with Crippen molar-refractivity contribution in [3.63, 3.8) is 0 Å². The van der Waals surface area contributed by atoms with Gasteiger partial charge in [0.2, 0.25) is 19.5 Å². The maximum Gasteiger partial charge on any atom is 0.587 e. The normalized spacial score (nSPS) is 23.7. The van der Waals surface area contributed by atoms with E-state index in [1.165, 1.54) is 49.2 Å². The van der Waals surface area contributed by atoms with Gasteiger partial charge in [-0.1, -0.05) is 0 Å². The Morgan fingerprint density at radius 1 is 1.02 bits per heavy atom. The zero-order valence-corrected chi connectivity index (χ0v) is 24.4. The monoisotopic (exact) mass is 632 g/mol. The molecule has 0 radical (unpaired) electrons. The number of rotatable bonds is 9. The molecule has 15 nitrogen and oxygen atoms in total. The van der Waals surface area contributed by atoms with Gasteiger partial charge in [-0.2, -0.15) is 4.98 Å². The molecule has 1 saturated heterocycles. The van der Waals surface area contributed by atoms with Gasteiger partial charge in [0.1, 0.15) is 29.5 Å². The van der Waals surface area contributed by atoms with Crippen LogP contribution in [0.1, 0.15) is 19.0 Å². The Bertz CT molecular complexity index is 1720. The molecule has 3 aliphatic heterocycles. The number of nitrogens with zero attached hydrogens (tertiary/aromatic N) is 4. The first kappa shape index (κ1) is 28.4. The summed E-state index contributed by atoms with van der Waals surface area (Å²) in [4.78, 5) is 12.8. The van der Waals surface area contributed by atoms with Gasteiger partial charge in [0.05, 0.1) is 20.0 Å². The van der Waals surface area contributed by atoms with E-state index in [0.29, 0.717) is 28.8 Å². The van der Waals surface area contributed by atoms with Crippen LogP contribution in [0.5, 0.6) is 40.4 Å². The quantitative estimate of drug-likeness (QED) is 0.264. The number of aromatic nitrogens is 4. The molecule has 1 N–H and O–H groups in total. The van der Waals surface area contributed by atoms with E-state index in [-0.39, 0.29) is 42.1 Å². The lowest BCUT2D eigenvalue weighted by atomic mass is 9.98. The third-order valence-electron chi connectivity index (χ3n) is 7.18. The Kier molecular flexibility index (Phi) is 6.88. The second-order valence-corrected chi connectivity index (χ2v) is 11.7. The van der Waals surface area contributed by atoms with Crippen molar-refractivity contribution >= 4 is 19.0 Å². The summed E-state index contributed by atoms with van der Waals surface area (Å²) in [6.45, 7) is 2.27. The first-order valence-electron chi connectivity index (χ1n) is 13.3. The van der Waals surface area contributed by atoms with Gasteiger partial charge >= 0.3 is 7.82 Å². The highest BCUT2D eigenvalue weighted by atomic mass is 31.2. The number of imidazole rings is 1. The minimum absolute atomic E-state index is 0.0191. The zero-order chi connectivity index (χ0) is 30.6. The second kappa shape index (κ2) is 10.7. The van der Waals surface area contributed by atoms with Gasteiger partial charge in [0.25, 0.3) is 0 Å². The fraction of sp³-hybridized carbons (Fsp3) is 0.370. The van der Waals surface area contributed by atoms with Gasteiger partial charge in [0.15, 0.2) is 46.1 Å². The van der Waals surface area contributed by atoms with Crippen LogP contribution >= 0.6 is 7.82 Å². The predicted octanol–water partition coefficient (Wildman–Crippen LogP) is 3.87. The van der Waals surface area contributed by atoms with Crippen LogP contribution in [0.3, 0.4) is 0 Å². The van der Waals surface area contributed by atoms with Crippen molar-refractivity contribution in [2.75, 3.05) is 27.3 Å². The molecule has 5 heterocycles. The standard InChI is InChI=1S/C27H26FN4O11P/c1-14-30-24-22(25(31-14)35-3)29-11-32(24)26-27(2,28)23(33)21(41-26)10-40-44(34,42-15-4-6-17-19(8-15)38-12-36-17)43-16-5-7-18-20(9-16)39-13-37-18/h4-9,11,21,23,26,33H,10,12-13H2,1-3H3/t21-,23-,26-,27-/m1/s1. The minimum atomic E-state index is -4.53. The highest BCUT2D eigenvalue weighted by Crippen LogP contribution is 2.53. The van der Waals surface area contributed by atoms with Gasteiger partial charge in [-0.15, -0.1) is 0 Å². The summed E-state index contributed by atoms with van der Waals surface area (Å²) in [7, 11) is -3.10. The highest BCUT2D eigenvalue weighted by Gasteiger charge is 2.56. The van der Waals surface area contributed by atoms with Crippen LogP contribution in [0.4, 0.5) is 4.39 Å². The summed E-state index contributed by atoms with van der Waals surface area (Å²) in [6, 6.07) is 9.04. The predicted molar refractivity (Wildman–Crippen MR) is 146 cm³/mol. The molecule has 3 aliphatic rings. The second-order valence-electron chi connectivity index (χ2n) is 10.2. The number of hydrogen-bond donors (Lipinski definition) is 1. The van der Waals surface area contributed by atoms with E-state index in [4.69, 9.17) is 42.0 Å². The molecule has 0 bridgehead atoms. The number of benzene rings is 2. The summed E-state index contributed by atoms with van der Waals surface area (Å²) in [6.07, 6.45) is -3.11. The van der Waals surface area contributed by atoms with E-state index in [1.807, 2.05) is 0 Å². The third kappa shape index (κ3) is 4.99. The molecular weight excluding hydrogens is 606 g/mol. The van der Waals surface area contributed by atoms with E-state index < -0.39 is 38.5 Å². The summed E-state index contributed by atoms with van der Waals surface area (Å²) in [5.41, 5.74) is -1.83. The Hall–Kier alpha value is -4.37. The maximum absolute atomic E-state index is 16.1. The molecule has 4 aromatic rings. The summed E-state index contributed by atoms with van der Waals surface area (Å²) < 4.78 is 81.3. The molecule has 0 amide bonds. The van der Waals surface area contributed by atoms with Gasteiger partial charge in [0, 0.05) is 12.1 Å². The SMILES string of the molecule is COc1nc(C)nc2c1ncn2[C@@H]1O[C@H](COP(=O)(Oc2ccc3c(c2)OCO3)Oc2ccc3c(c2)OCO3)[C@@H](O)[C@@]1(C)F. The number of aliphatic hydroxyl groups excluding tert-OH is 1. The summed E-state index contributed by atoms with van der Waals surface area (Å²) in [5.74, 6) is 2.40. The van der Waals surface area contributed by atoms with Crippen LogP contribution in [0.25, 0.3) is 11.2 Å². The smallest absolute Gasteiger partial charge is 0.479 e. The number of aliphatic hydroxyl groups is 1. The van der Waals surface area contributed by atoms with E-state index in [1.54, 1.807) is 19.1 Å². The first-order valence-corrected chi connectivity index (χ1v) is 14.8. The lowest BCUT2D eigenvalue weighted by Crippen LogP contribution is -2.40. The van der Waals surface area contributed by atoms with E-state index in [9.17, 15) is 9.67 Å². The Morgan fingerprint density at radius 2 is 1.64 bits per heavy atom. The zero-order valence-electron chi connectivity index (χ0n) is 23.5. The van der Waals surface area contributed by atoms with Crippen molar-refractivity contribution in [1.29, 1.82) is 0 Å². The lowest BCUT2D eigenvalue weighted by Gasteiger charge is -2.24. The number of ether oxygens (including phenoxy) is 6. The molecule has 44 heavy (non-hydrogen) atoms. The van der Waals surface area contributed by atoms with Crippen LogP contribution in [0, 0.1) is 6.92 Å². The highest BCUT2D eigenvalue weighted by molar-refractivity contribution is 7.49. The van der Waals surface area contributed by atoms with Crippen molar-refractivity contribution in [1.82, 2.24) is 19.5 Å². The molecule has 2 aromatic carbocycles. The summed E-state index contributed by atoms with van der Waals surface area (Å²) >= 11 is 0. The number of aryl methyl sites for hydroxylation is 1. The van der Waals surface area contributed by atoms with E-state index in [0.717, 1.165) is 0 Å². The molecule has 0 saturated carbocycles. The topological polar surface area (TPSA) is 164 Å². The van der Waals surface area contributed by atoms with E-state index in [2.05, 4.69) is 15.0 Å². The fourth-order valence-corrected chi connectivity index (χ4v) is 6.24. The molecule has 0 unspecified atom stereocenters.